The molecule has 2 aromatic rings. The smallest absolute Gasteiger partial charge is 0.226 e. The van der Waals surface area contributed by atoms with Gasteiger partial charge in [-0.25, -0.2) is 4.98 Å². The van der Waals surface area contributed by atoms with Gasteiger partial charge in [-0.15, -0.1) is 0 Å². The van der Waals surface area contributed by atoms with Crippen LogP contribution < -0.4 is 16.4 Å². The van der Waals surface area contributed by atoms with Gasteiger partial charge < -0.3 is 21.5 Å². The van der Waals surface area contributed by atoms with Crippen LogP contribution in [0.25, 0.3) is 0 Å². The maximum atomic E-state index is 8.95. The van der Waals surface area contributed by atoms with Crippen LogP contribution in [-0.2, 0) is 6.54 Å². The van der Waals surface area contributed by atoms with Crippen LogP contribution in [0.1, 0.15) is 24.8 Å². The molecule has 33 heavy (non-hydrogen) atoms. The van der Waals surface area contributed by atoms with E-state index in [1.165, 1.54) is 5.56 Å². The first-order valence-electron chi connectivity index (χ1n) is 11.2. The monoisotopic (exact) mass is 472 g/mol. The molecule has 9 nitrogen and oxygen atoms in total. The van der Waals surface area contributed by atoms with Crippen molar-refractivity contribution in [1.29, 1.82) is 0 Å². The summed E-state index contributed by atoms with van der Waals surface area (Å²) in [6.45, 7) is 7.49. The Bertz CT molecular complexity index is 903. The Morgan fingerprint density at radius 3 is 2.76 bits per heavy atom. The zero-order valence-corrected chi connectivity index (χ0v) is 19.6. The standard InChI is InChI=1S/C23H33ClN8O/c1-26-32(10-5-13-33)17-19(25)15-27-23-29-21(24)14-22(30-23)28-20-8-11-31(12-9-20)16-18-6-3-2-4-7-18/h2-4,6-7,14,17,20,33H,1,5,8-13,15-16,25H2,(H2,27,28,29,30)/b19-17-. The molecule has 1 saturated heterocycles. The van der Waals surface area contributed by atoms with Gasteiger partial charge in [-0.3, -0.25) is 9.91 Å². The van der Waals surface area contributed by atoms with E-state index >= 15 is 0 Å². The first-order chi connectivity index (χ1) is 16.1. The molecule has 1 aromatic carbocycles. The lowest BCUT2D eigenvalue weighted by Crippen LogP contribution is -2.38. The number of hydrazone groups is 1. The molecule has 0 saturated carbocycles. The Hall–Kier alpha value is -2.88. The number of hydrogen-bond acceptors (Lipinski definition) is 9. The van der Waals surface area contributed by atoms with Crippen LogP contribution in [-0.4, -0.2) is 70.5 Å². The summed E-state index contributed by atoms with van der Waals surface area (Å²) in [5.41, 5.74) is 7.94. The first kappa shape index (κ1) is 24.8. The van der Waals surface area contributed by atoms with Crippen LogP contribution in [0.3, 0.4) is 0 Å². The molecule has 0 spiro atoms. The number of halogens is 1. The average molecular weight is 473 g/mol. The molecule has 0 bridgehead atoms. The number of rotatable bonds is 12. The van der Waals surface area contributed by atoms with E-state index in [2.05, 4.69) is 61.6 Å². The fourth-order valence-electron chi connectivity index (χ4n) is 3.68. The van der Waals surface area contributed by atoms with Gasteiger partial charge in [0.25, 0.3) is 0 Å². The molecule has 1 aliphatic heterocycles. The van der Waals surface area contributed by atoms with Crippen LogP contribution >= 0.6 is 11.6 Å². The third kappa shape index (κ3) is 8.53. The molecule has 0 amide bonds. The van der Waals surface area contributed by atoms with Crippen molar-refractivity contribution in [2.45, 2.75) is 31.8 Å². The molecular formula is C23H33ClN8O. The second kappa shape index (κ2) is 13.0. The lowest BCUT2D eigenvalue weighted by molar-refractivity contribution is 0.211. The number of aromatic nitrogens is 2. The van der Waals surface area contributed by atoms with Crippen molar-refractivity contribution in [3.8, 4) is 0 Å². The molecule has 1 aromatic heterocycles. The summed E-state index contributed by atoms with van der Waals surface area (Å²) in [5.74, 6) is 1.09. The van der Waals surface area contributed by atoms with E-state index in [0.717, 1.165) is 32.5 Å². The molecule has 1 aliphatic rings. The van der Waals surface area contributed by atoms with Crippen molar-refractivity contribution in [1.82, 2.24) is 19.9 Å². The van der Waals surface area contributed by atoms with Gasteiger partial charge in [0.05, 0.1) is 6.54 Å². The Kier molecular flexibility index (Phi) is 9.74. The molecule has 178 valence electrons. The van der Waals surface area contributed by atoms with Crippen molar-refractivity contribution in [3.63, 3.8) is 0 Å². The summed E-state index contributed by atoms with van der Waals surface area (Å²) in [5, 5.41) is 21.3. The van der Waals surface area contributed by atoms with E-state index in [1.807, 2.05) is 6.07 Å². The number of hydrogen-bond donors (Lipinski definition) is 4. The number of nitrogens with zero attached hydrogens (tertiary/aromatic N) is 5. The number of benzene rings is 1. The van der Waals surface area contributed by atoms with Crippen molar-refractivity contribution in [3.05, 3.63) is 59.0 Å². The summed E-state index contributed by atoms with van der Waals surface area (Å²) in [7, 11) is 0. The van der Waals surface area contributed by atoms with E-state index in [-0.39, 0.29) is 6.61 Å². The number of nitrogens with two attached hydrogens (primary N) is 1. The number of anilines is 2. The Morgan fingerprint density at radius 1 is 1.30 bits per heavy atom. The highest BCUT2D eigenvalue weighted by molar-refractivity contribution is 6.29. The van der Waals surface area contributed by atoms with Gasteiger partial charge in [0.1, 0.15) is 11.0 Å². The molecule has 3 rings (SSSR count). The minimum Gasteiger partial charge on any atom is -0.399 e. The van der Waals surface area contributed by atoms with E-state index in [4.69, 9.17) is 22.4 Å². The lowest BCUT2D eigenvalue weighted by Gasteiger charge is -2.32. The number of piperidine rings is 1. The van der Waals surface area contributed by atoms with Crippen molar-refractivity contribution in [2.75, 3.05) is 43.4 Å². The molecule has 0 radical (unpaired) electrons. The molecule has 1 fully saturated rings. The van der Waals surface area contributed by atoms with Gasteiger partial charge in [-0.2, -0.15) is 10.1 Å². The van der Waals surface area contributed by atoms with E-state index in [0.29, 0.717) is 48.2 Å². The van der Waals surface area contributed by atoms with Crippen molar-refractivity contribution in [2.24, 2.45) is 10.8 Å². The summed E-state index contributed by atoms with van der Waals surface area (Å²) < 4.78 is 0. The second-order valence-electron chi connectivity index (χ2n) is 8.02. The van der Waals surface area contributed by atoms with Gasteiger partial charge in [0.15, 0.2) is 0 Å². The van der Waals surface area contributed by atoms with Crippen LogP contribution in [0.5, 0.6) is 0 Å². The average Bonchev–Trinajstić information content (AvgIpc) is 2.82. The molecule has 0 aliphatic carbocycles. The molecule has 5 N–H and O–H groups in total. The predicted octanol–water partition coefficient (Wildman–Crippen LogP) is 2.72. The topological polar surface area (TPSA) is 115 Å². The minimum atomic E-state index is 0.0796. The maximum Gasteiger partial charge on any atom is 0.226 e. The summed E-state index contributed by atoms with van der Waals surface area (Å²) in [4.78, 5) is 11.3. The second-order valence-corrected chi connectivity index (χ2v) is 8.41. The maximum absolute atomic E-state index is 8.95. The van der Waals surface area contributed by atoms with E-state index in [1.54, 1.807) is 17.3 Å². The summed E-state index contributed by atoms with van der Waals surface area (Å²) in [6.07, 6.45) is 4.31. The molecular weight excluding hydrogens is 440 g/mol. The minimum absolute atomic E-state index is 0.0796. The van der Waals surface area contributed by atoms with Gasteiger partial charge in [-0.1, -0.05) is 41.9 Å². The summed E-state index contributed by atoms with van der Waals surface area (Å²) >= 11 is 6.22. The van der Waals surface area contributed by atoms with Crippen LogP contribution in [0.15, 0.2) is 53.4 Å². The van der Waals surface area contributed by atoms with Gasteiger partial charge in [0, 0.05) is 63.5 Å². The summed E-state index contributed by atoms with van der Waals surface area (Å²) in [6, 6.07) is 12.6. The Labute approximate surface area is 200 Å². The Balaban J connectivity index is 1.49. The molecule has 0 atom stereocenters. The van der Waals surface area contributed by atoms with E-state index in [9.17, 15) is 0 Å². The number of nitrogens with one attached hydrogen (secondary N) is 2. The number of aliphatic hydroxyl groups is 1. The van der Waals surface area contributed by atoms with Crippen molar-refractivity contribution < 1.29 is 5.11 Å². The van der Waals surface area contributed by atoms with Gasteiger partial charge >= 0.3 is 0 Å². The third-order valence-electron chi connectivity index (χ3n) is 5.38. The number of likely N-dealkylation sites (tertiary alicyclic amines) is 1. The van der Waals surface area contributed by atoms with Crippen molar-refractivity contribution >= 4 is 30.1 Å². The zero-order chi connectivity index (χ0) is 23.5. The van der Waals surface area contributed by atoms with Crippen LogP contribution in [0, 0.1) is 0 Å². The third-order valence-corrected chi connectivity index (χ3v) is 5.57. The van der Waals surface area contributed by atoms with Gasteiger partial charge in [-0.05, 0) is 24.8 Å². The Morgan fingerprint density at radius 2 is 2.06 bits per heavy atom. The fourth-order valence-corrected chi connectivity index (χ4v) is 3.87. The zero-order valence-electron chi connectivity index (χ0n) is 18.8. The highest BCUT2D eigenvalue weighted by Gasteiger charge is 2.20. The first-order valence-corrected chi connectivity index (χ1v) is 11.5. The van der Waals surface area contributed by atoms with E-state index < -0.39 is 0 Å². The van der Waals surface area contributed by atoms with Crippen LogP contribution in [0.2, 0.25) is 5.15 Å². The fraction of sp³-hybridized carbons (Fsp3) is 0.435. The largest absolute Gasteiger partial charge is 0.399 e. The van der Waals surface area contributed by atoms with Crippen LogP contribution in [0.4, 0.5) is 11.8 Å². The predicted molar refractivity (Wildman–Crippen MR) is 134 cm³/mol. The molecule has 2 heterocycles. The molecule has 0 unspecified atom stereocenters. The SMILES string of the molecule is C=NN(/C=C(\N)CNc1nc(Cl)cc(NC2CCN(Cc3ccccc3)CC2)n1)CCCO. The lowest BCUT2D eigenvalue weighted by atomic mass is 10.0. The quantitative estimate of drug-likeness (QED) is 0.212. The normalized spacial score (nSPS) is 15.3. The number of aliphatic hydroxyl groups excluding tert-OH is 1. The molecule has 10 heteroatoms. The highest BCUT2D eigenvalue weighted by atomic mass is 35.5. The van der Waals surface area contributed by atoms with Gasteiger partial charge in [0.2, 0.25) is 5.95 Å². The highest BCUT2D eigenvalue weighted by Crippen LogP contribution is 2.20.